The van der Waals surface area contributed by atoms with E-state index in [4.69, 9.17) is 9.15 Å². The highest BCUT2D eigenvalue weighted by Crippen LogP contribution is 2.31. The third kappa shape index (κ3) is 1.97. The summed E-state index contributed by atoms with van der Waals surface area (Å²) in [6, 6.07) is 4.93. The predicted molar refractivity (Wildman–Crippen MR) is 59.7 cm³/mol. The number of fused-ring (bicyclic) bond motifs is 1. The Morgan fingerprint density at radius 2 is 2.18 bits per heavy atom. The van der Waals surface area contributed by atoms with Crippen molar-refractivity contribution in [3.63, 3.8) is 0 Å². The second kappa shape index (κ2) is 4.47. The first-order chi connectivity index (χ1) is 8.17. The Morgan fingerprint density at radius 3 is 2.82 bits per heavy atom. The minimum Gasteiger partial charge on any atom is -0.493 e. The van der Waals surface area contributed by atoms with Crippen molar-refractivity contribution in [1.82, 2.24) is 0 Å². The van der Waals surface area contributed by atoms with Crippen LogP contribution in [0.5, 0.6) is 5.75 Å². The Morgan fingerprint density at radius 1 is 1.41 bits per heavy atom. The van der Waals surface area contributed by atoms with Gasteiger partial charge >= 0.3 is 5.97 Å². The van der Waals surface area contributed by atoms with Crippen molar-refractivity contribution in [3.8, 4) is 5.75 Å². The van der Waals surface area contributed by atoms with Gasteiger partial charge in [-0.2, -0.15) is 0 Å². The number of rotatable bonds is 3. The van der Waals surface area contributed by atoms with Crippen molar-refractivity contribution in [1.29, 1.82) is 0 Å². The molecule has 1 atom stereocenters. The largest absolute Gasteiger partial charge is 0.493 e. The maximum Gasteiger partial charge on any atom is 0.339 e. The van der Waals surface area contributed by atoms with E-state index in [0.717, 1.165) is 5.39 Å². The molecular weight excluding hydrogens is 224 g/mol. The predicted octanol–water partition coefficient (Wildman–Crippen LogP) is 1.65. The zero-order valence-electron chi connectivity index (χ0n) is 9.47. The van der Waals surface area contributed by atoms with Gasteiger partial charge in [0.15, 0.2) is 17.4 Å². The number of benzene rings is 1. The number of esters is 1. The highest BCUT2D eigenvalue weighted by atomic mass is 16.5. The van der Waals surface area contributed by atoms with Crippen LogP contribution in [-0.4, -0.2) is 25.3 Å². The van der Waals surface area contributed by atoms with E-state index in [-0.39, 0.29) is 0 Å². The maximum absolute atomic E-state index is 11.2. The van der Waals surface area contributed by atoms with Crippen molar-refractivity contribution in [2.24, 2.45) is 0 Å². The number of hydrogen-bond donors (Lipinski definition) is 1. The molecule has 1 aromatic heterocycles. The average Bonchev–Trinajstić information content (AvgIpc) is 2.83. The molecule has 0 saturated carbocycles. The number of ether oxygens (including phenoxy) is 2. The molecule has 1 unspecified atom stereocenters. The number of methoxy groups -OCH3 is 2. The smallest absolute Gasteiger partial charge is 0.339 e. The molecule has 0 bridgehead atoms. The molecule has 2 aromatic rings. The average molecular weight is 236 g/mol. The molecule has 0 fully saturated rings. The molecular formula is C12H12O5. The third-order valence-corrected chi connectivity index (χ3v) is 2.50. The molecule has 0 aliphatic carbocycles. The van der Waals surface area contributed by atoms with Crippen LogP contribution in [0.4, 0.5) is 0 Å². The second-order valence-electron chi connectivity index (χ2n) is 3.49. The number of furan rings is 1. The van der Waals surface area contributed by atoms with Crippen LogP contribution >= 0.6 is 0 Å². The van der Waals surface area contributed by atoms with Crippen molar-refractivity contribution in [2.45, 2.75) is 6.10 Å². The van der Waals surface area contributed by atoms with Crippen LogP contribution < -0.4 is 4.74 Å². The van der Waals surface area contributed by atoms with Gasteiger partial charge in [-0.15, -0.1) is 0 Å². The zero-order chi connectivity index (χ0) is 12.4. The molecule has 0 radical (unpaired) electrons. The summed E-state index contributed by atoms with van der Waals surface area (Å²) >= 11 is 0. The number of carbonyl (C=O) groups is 1. The van der Waals surface area contributed by atoms with Crippen LogP contribution in [0, 0.1) is 0 Å². The highest BCUT2D eigenvalue weighted by Gasteiger charge is 2.20. The van der Waals surface area contributed by atoms with Gasteiger partial charge in [-0.3, -0.25) is 0 Å². The zero-order valence-corrected chi connectivity index (χ0v) is 9.47. The summed E-state index contributed by atoms with van der Waals surface area (Å²) in [6.45, 7) is 0. The van der Waals surface area contributed by atoms with E-state index in [0.29, 0.717) is 16.9 Å². The molecule has 0 saturated heterocycles. The Bertz CT molecular complexity index is 543. The fourth-order valence-electron chi connectivity index (χ4n) is 1.63. The van der Waals surface area contributed by atoms with Crippen LogP contribution in [0.15, 0.2) is 28.9 Å². The fourth-order valence-corrected chi connectivity index (χ4v) is 1.63. The van der Waals surface area contributed by atoms with Crippen molar-refractivity contribution >= 4 is 16.9 Å². The maximum atomic E-state index is 11.2. The van der Waals surface area contributed by atoms with E-state index in [2.05, 4.69) is 4.74 Å². The van der Waals surface area contributed by atoms with Gasteiger partial charge in [0.25, 0.3) is 0 Å². The van der Waals surface area contributed by atoms with Gasteiger partial charge < -0.3 is 19.0 Å². The van der Waals surface area contributed by atoms with E-state index in [1.54, 1.807) is 18.2 Å². The molecule has 5 heteroatoms. The second-order valence-corrected chi connectivity index (χ2v) is 3.49. The molecule has 1 N–H and O–H groups in total. The quantitative estimate of drug-likeness (QED) is 0.820. The number of aliphatic hydroxyl groups is 1. The molecule has 17 heavy (non-hydrogen) atoms. The lowest BCUT2D eigenvalue weighted by Gasteiger charge is -2.10. The van der Waals surface area contributed by atoms with Crippen LogP contribution in [0.25, 0.3) is 11.0 Å². The Kier molecular flexibility index (Phi) is 3.01. The minimum atomic E-state index is -1.33. The van der Waals surface area contributed by atoms with Crippen molar-refractivity contribution in [3.05, 3.63) is 30.0 Å². The molecule has 1 aromatic carbocycles. The fraction of sp³-hybridized carbons (Fsp3) is 0.250. The summed E-state index contributed by atoms with van der Waals surface area (Å²) in [7, 11) is 2.71. The van der Waals surface area contributed by atoms with E-state index in [1.165, 1.54) is 20.5 Å². The number of carbonyl (C=O) groups excluding carboxylic acids is 1. The minimum absolute atomic E-state index is 0.405. The summed E-state index contributed by atoms with van der Waals surface area (Å²) < 4.78 is 14.9. The topological polar surface area (TPSA) is 68.9 Å². The van der Waals surface area contributed by atoms with Gasteiger partial charge in [-0.25, -0.2) is 4.79 Å². The standard InChI is InChI=1S/C12H12O5/c1-15-9-6-8(10(13)12(14)16-2)5-7-3-4-17-11(7)9/h3-6,10,13H,1-2H3. The lowest BCUT2D eigenvalue weighted by Crippen LogP contribution is -2.13. The normalized spacial score (nSPS) is 12.4. The first kappa shape index (κ1) is 11.5. The summed E-state index contributed by atoms with van der Waals surface area (Å²) in [6.07, 6.45) is 0.190. The van der Waals surface area contributed by atoms with Gasteiger partial charge in [0.05, 0.1) is 20.5 Å². The summed E-state index contributed by atoms with van der Waals surface area (Å²) in [5, 5.41) is 10.5. The van der Waals surface area contributed by atoms with Crippen LogP contribution in [0.1, 0.15) is 11.7 Å². The van der Waals surface area contributed by atoms with E-state index >= 15 is 0 Å². The monoisotopic (exact) mass is 236 g/mol. The third-order valence-electron chi connectivity index (χ3n) is 2.50. The Balaban J connectivity index is 2.51. The molecule has 0 spiro atoms. The molecule has 1 heterocycles. The highest BCUT2D eigenvalue weighted by molar-refractivity contribution is 5.86. The summed E-state index contributed by atoms with van der Waals surface area (Å²) in [5.74, 6) is -0.250. The van der Waals surface area contributed by atoms with Gasteiger partial charge in [-0.1, -0.05) is 0 Å². The van der Waals surface area contributed by atoms with Gasteiger partial charge in [0, 0.05) is 5.39 Å². The molecule has 90 valence electrons. The molecule has 0 amide bonds. The first-order valence-electron chi connectivity index (χ1n) is 4.98. The molecule has 5 nitrogen and oxygen atoms in total. The van der Waals surface area contributed by atoms with Gasteiger partial charge in [0.2, 0.25) is 0 Å². The lowest BCUT2D eigenvalue weighted by molar-refractivity contribution is -0.150. The molecule has 0 aliphatic rings. The first-order valence-corrected chi connectivity index (χ1v) is 4.98. The summed E-state index contributed by atoms with van der Waals surface area (Å²) in [4.78, 5) is 11.2. The number of hydrogen-bond acceptors (Lipinski definition) is 5. The van der Waals surface area contributed by atoms with Gasteiger partial charge in [-0.05, 0) is 23.8 Å². The van der Waals surface area contributed by atoms with Crippen LogP contribution in [0.2, 0.25) is 0 Å². The summed E-state index contributed by atoms with van der Waals surface area (Å²) in [5.41, 5.74) is 0.982. The van der Waals surface area contributed by atoms with E-state index in [1.807, 2.05) is 0 Å². The lowest BCUT2D eigenvalue weighted by atomic mass is 10.1. The van der Waals surface area contributed by atoms with E-state index in [9.17, 15) is 9.90 Å². The molecule has 0 aliphatic heterocycles. The van der Waals surface area contributed by atoms with E-state index < -0.39 is 12.1 Å². The van der Waals surface area contributed by atoms with Crippen molar-refractivity contribution < 1.29 is 23.8 Å². The number of aliphatic hydroxyl groups excluding tert-OH is 1. The Hall–Kier alpha value is -2.01. The van der Waals surface area contributed by atoms with Crippen molar-refractivity contribution in [2.75, 3.05) is 14.2 Å². The van der Waals surface area contributed by atoms with Crippen LogP contribution in [0.3, 0.4) is 0 Å². The van der Waals surface area contributed by atoms with Crippen LogP contribution in [-0.2, 0) is 9.53 Å². The Labute approximate surface area is 97.6 Å². The SMILES string of the molecule is COC(=O)C(O)c1cc(OC)c2occc2c1. The van der Waals surface area contributed by atoms with Gasteiger partial charge in [0.1, 0.15) is 0 Å². The molecule has 2 rings (SSSR count).